The highest BCUT2D eigenvalue weighted by Gasteiger charge is 2.31. The topological polar surface area (TPSA) is 90.0 Å². The van der Waals surface area contributed by atoms with Crippen LogP contribution in [0.3, 0.4) is 0 Å². The first-order valence-electron chi connectivity index (χ1n) is 9.30. The van der Waals surface area contributed by atoms with Crippen molar-refractivity contribution in [2.24, 2.45) is 5.73 Å². The lowest BCUT2D eigenvalue weighted by Gasteiger charge is -2.21. The predicted octanol–water partition coefficient (Wildman–Crippen LogP) is 3.03. The molecule has 1 fully saturated rings. The van der Waals surface area contributed by atoms with Crippen LogP contribution in [0.2, 0.25) is 0 Å². The highest BCUT2D eigenvalue weighted by molar-refractivity contribution is 5.85. The minimum atomic E-state index is -4.51. The molecule has 1 aromatic heterocycles. The van der Waals surface area contributed by atoms with Crippen molar-refractivity contribution in [3.05, 3.63) is 39.8 Å². The molecular weight excluding hydrogens is 411 g/mol. The van der Waals surface area contributed by atoms with Crippen LogP contribution in [0.25, 0.3) is 10.8 Å². The van der Waals surface area contributed by atoms with Gasteiger partial charge in [0.15, 0.2) is 0 Å². The minimum absolute atomic E-state index is 0.0556. The highest BCUT2D eigenvalue weighted by Crippen LogP contribution is 2.32. The van der Waals surface area contributed by atoms with Crippen molar-refractivity contribution >= 4 is 16.7 Å². The monoisotopic (exact) mass is 434 g/mol. The van der Waals surface area contributed by atoms with Gasteiger partial charge in [0.1, 0.15) is 6.54 Å². The summed E-state index contributed by atoms with van der Waals surface area (Å²) in [7, 11) is 0. The normalized spacial score (nSPS) is 16.3. The fourth-order valence-corrected chi connectivity index (χ4v) is 3.00. The maximum absolute atomic E-state index is 12.8. The molecule has 0 aliphatic carbocycles. The van der Waals surface area contributed by atoms with E-state index in [4.69, 9.17) is 5.73 Å². The van der Waals surface area contributed by atoms with Gasteiger partial charge < -0.3 is 11.1 Å². The van der Waals surface area contributed by atoms with Crippen molar-refractivity contribution in [2.75, 3.05) is 13.1 Å². The average Bonchev–Trinajstić information content (AvgIpc) is 2.62. The Morgan fingerprint density at radius 1 is 1.30 bits per heavy atom. The summed E-state index contributed by atoms with van der Waals surface area (Å²) in [4.78, 5) is 23.2. The third-order valence-electron chi connectivity index (χ3n) is 4.45. The molecule has 1 aliphatic heterocycles. The number of carbonyl (C=O) groups is 1. The first kappa shape index (κ1) is 23.7. The van der Waals surface area contributed by atoms with Crippen molar-refractivity contribution in [1.29, 1.82) is 0 Å². The number of hydrogen-bond acceptors (Lipinski definition) is 4. The molecule has 30 heavy (non-hydrogen) atoms. The molecule has 11 heteroatoms. The van der Waals surface area contributed by atoms with Gasteiger partial charge in [-0.15, -0.1) is 0 Å². The SMILES string of the molecule is CC(C)c1nn(CC(N)=O)c(=O)c2ccc(C(F)(F)F)cc12.FC1(F)CCCNC1. The number of carbonyl (C=O) groups excluding carboxylic acids is 1. The van der Waals surface area contributed by atoms with E-state index in [9.17, 15) is 31.5 Å². The van der Waals surface area contributed by atoms with E-state index >= 15 is 0 Å². The quantitative estimate of drug-likeness (QED) is 0.727. The van der Waals surface area contributed by atoms with Crippen molar-refractivity contribution in [2.45, 2.75) is 51.3 Å². The number of alkyl halides is 5. The first-order chi connectivity index (χ1) is 13.8. The first-order valence-corrected chi connectivity index (χ1v) is 9.30. The van der Waals surface area contributed by atoms with E-state index in [1.54, 1.807) is 13.8 Å². The van der Waals surface area contributed by atoms with Crippen LogP contribution in [0.5, 0.6) is 0 Å². The molecule has 2 heterocycles. The third kappa shape index (κ3) is 5.97. The van der Waals surface area contributed by atoms with Gasteiger partial charge >= 0.3 is 6.18 Å². The lowest BCUT2D eigenvalue weighted by atomic mass is 10.0. The molecule has 6 nitrogen and oxygen atoms in total. The largest absolute Gasteiger partial charge is 0.416 e. The van der Waals surface area contributed by atoms with Crippen LogP contribution in [0.15, 0.2) is 23.0 Å². The highest BCUT2D eigenvalue weighted by atomic mass is 19.4. The summed E-state index contributed by atoms with van der Waals surface area (Å²) < 4.78 is 63.7. The van der Waals surface area contributed by atoms with Crippen LogP contribution in [0.4, 0.5) is 22.0 Å². The van der Waals surface area contributed by atoms with Gasteiger partial charge in [0.2, 0.25) is 5.91 Å². The lowest BCUT2D eigenvalue weighted by molar-refractivity contribution is -0.137. The van der Waals surface area contributed by atoms with E-state index < -0.39 is 35.7 Å². The van der Waals surface area contributed by atoms with Crippen LogP contribution in [0, 0.1) is 0 Å². The molecule has 1 aliphatic rings. The lowest BCUT2D eigenvalue weighted by Crippen LogP contribution is -2.38. The van der Waals surface area contributed by atoms with Gasteiger partial charge in [0, 0.05) is 11.8 Å². The molecule has 1 aromatic carbocycles. The number of hydrogen-bond donors (Lipinski definition) is 2. The molecule has 1 amide bonds. The summed E-state index contributed by atoms with van der Waals surface area (Å²) in [6.45, 7) is 3.67. The Balaban J connectivity index is 0.000000335. The van der Waals surface area contributed by atoms with Gasteiger partial charge in [-0.25, -0.2) is 13.5 Å². The molecular formula is C19H23F5N4O2. The number of rotatable bonds is 3. The minimum Gasteiger partial charge on any atom is -0.368 e. The Morgan fingerprint density at radius 2 is 1.97 bits per heavy atom. The number of fused-ring (bicyclic) bond motifs is 1. The van der Waals surface area contributed by atoms with E-state index in [-0.39, 0.29) is 29.7 Å². The molecule has 0 spiro atoms. The molecule has 0 saturated carbocycles. The fourth-order valence-electron chi connectivity index (χ4n) is 3.00. The summed E-state index contributed by atoms with van der Waals surface area (Å²) in [6.07, 6.45) is -3.85. The molecule has 0 unspecified atom stereocenters. The van der Waals surface area contributed by atoms with E-state index in [0.29, 0.717) is 12.1 Å². The van der Waals surface area contributed by atoms with Crippen molar-refractivity contribution < 1.29 is 26.7 Å². The number of nitrogens with two attached hydrogens (primary N) is 1. The Hall–Kier alpha value is -2.56. The molecule has 2 aromatic rings. The number of aromatic nitrogens is 2. The van der Waals surface area contributed by atoms with Crippen molar-refractivity contribution in [1.82, 2.24) is 15.1 Å². The zero-order valence-corrected chi connectivity index (χ0v) is 16.5. The summed E-state index contributed by atoms with van der Waals surface area (Å²) in [6, 6.07) is 2.85. The van der Waals surface area contributed by atoms with E-state index in [1.165, 1.54) is 0 Å². The van der Waals surface area contributed by atoms with Crippen molar-refractivity contribution in [3.8, 4) is 0 Å². The molecule has 0 atom stereocenters. The summed E-state index contributed by atoms with van der Waals surface area (Å²) >= 11 is 0. The maximum Gasteiger partial charge on any atom is 0.416 e. The van der Waals surface area contributed by atoms with Gasteiger partial charge in [0.25, 0.3) is 11.5 Å². The van der Waals surface area contributed by atoms with Crippen LogP contribution in [0.1, 0.15) is 43.9 Å². The second-order valence-electron chi connectivity index (χ2n) is 7.36. The second kappa shape index (κ2) is 9.07. The Kier molecular flexibility index (Phi) is 7.17. The van der Waals surface area contributed by atoms with Crippen molar-refractivity contribution in [3.63, 3.8) is 0 Å². The Bertz CT molecular complexity index is 962. The van der Waals surface area contributed by atoms with Gasteiger partial charge in [-0.3, -0.25) is 9.59 Å². The summed E-state index contributed by atoms with van der Waals surface area (Å²) in [5.74, 6) is -3.42. The summed E-state index contributed by atoms with van der Waals surface area (Å²) in [5.41, 5.74) is 3.87. The number of amides is 1. The van der Waals surface area contributed by atoms with Gasteiger partial charge in [0.05, 0.1) is 23.2 Å². The third-order valence-corrected chi connectivity index (χ3v) is 4.45. The second-order valence-corrected chi connectivity index (χ2v) is 7.36. The standard InChI is InChI=1S/C14H14F3N3O2.C5H9F2N/c1-7(2)12-10-5-8(14(15,16)17)3-4-9(10)13(22)20(19-12)6-11(18)21;6-5(7)2-1-3-8-4-5/h3-5,7H,6H2,1-2H3,(H2,18,21);8H,1-4H2. The summed E-state index contributed by atoms with van der Waals surface area (Å²) in [5, 5.41) is 6.84. The number of nitrogens with one attached hydrogen (secondary N) is 1. The zero-order valence-electron chi connectivity index (χ0n) is 16.5. The molecule has 1 saturated heterocycles. The number of piperidine rings is 1. The Morgan fingerprint density at radius 3 is 2.40 bits per heavy atom. The van der Waals surface area contributed by atoms with E-state index in [2.05, 4.69) is 10.4 Å². The van der Waals surface area contributed by atoms with Gasteiger partial charge in [-0.05, 0) is 37.1 Å². The zero-order chi connectivity index (χ0) is 22.7. The van der Waals surface area contributed by atoms with E-state index in [1.807, 2.05) is 0 Å². The Labute approximate surface area is 169 Å². The molecule has 3 N–H and O–H groups in total. The number of benzene rings is 1. The fraction of sp³-hybridized carbons (Fsp3) is 0.526. The van der Waals surface area contributed by atoms with Crippen LogP contribution >= 0.6 is 0 Å². The van der Waals surface area contributed by atoms with E-state index in [0.717, 1.165) is 29.4 Å². The number of nitrogens with zero attached hydrogens (tertiary/aromatic N) is 2. The van der Waals surface area contributed by atoms with Crippen LogP contribution < -0.4 is 16.6 Å². The van der Waals surface area contributed by atoms with Crippen LogP contribution in [-0.2, 0) is 17.5 Å². The smallest absolute Gasteiger partial charge is 0.368 e. The number of halogens is 5. The van der Waals surface area contributed by atoms with Crippen LogP contribution in [-0.4, -0.2) is 34.7 Å². The predicted molar refractivity (Wildman–Crippen MR) is 101 cm³/mol. The van der Waals surface area contributed by atoms with Gasteiger partial charge in [-0.1, -0.05) is 13.8 Å². The number of primary amides is 1. The average molecular weight is 434 g/mol. The maximum atomic E-state index is 12.8. The van der Waals surface area contributed by atoms with Gasteiger partial charge in [-0.2, -0.15) is 18.3 Å². The molecule has 166 valence electrons. The molecule has 0 radical (unpaired) electrons. The molecule has 0 bridgehead atoms. The molecule has 3 rings (SSSR count).